The van der Waals surface area contributed by atoms with E-state index in [2.05, 4.69) is 126 Å². The lowest BCUT2D eigenvalue weighted by atomic mass is 9.81. The predicted octanol–water partition coefficient (Wildman–Crippen LogP) is 9.19. The summed E-state index contributed by atoms with van der Waals surface area (Å²) in [6.45, 7) is 12.8. The SMILES string of the molecule is CCCCCC[N+]1=C(/C=C/C2=C(Oc3nc(OC)nc(OC)n3)C(=C/C=C3/N(CCCCS(=O)(=O)O)c4ccccc4C3(C)C)/CCC2)C(C)(C)c2ccccc21. The summed E-state index contributed by atoms with van der Waals surface area (Å²) in [5.74, 6) is 0.420. The monoisotopic (exact) mass is 796 g/mol. The third-order valence-corrected chi connectivity index (χ3v) is 12.2. The minimum atomic E-state index is -4.03. The predicted molar refractivity (Wildman–Crippen MR) is 226 cm³/mol. The Labute approximate surface area is 338 Å². The first-order valence-corrected chi connectivity index (χ1v) is 21.8. The van der Waals surface area contributed by atoms with Crippen LogP contribution in [0.4, 0.5) is 11.4 Å². The van der Waals surface area contributed by atoms with E-state index in [0.29, 0.717) is 25.1 Å². The van der Waals surface area contributed by atoms with Gasteiger partial charge in [0.1, 0.15) is 12.3 Å². The van der Waals surface area contributed by atoms with E-state index in [1.54, 1.807) is 0 Å². The Morgan fingerprint density at radius 2 is 1.49 bits per heavy atom. The fraction of sp³-hybridized carbons (Fsp3) is 0.467. The maximum absolute atomic E-state index is 11.5. The maximum atomic E-state index is 11.5. The zero-order chi connectivity index (χ0) is 40.8. The first kappa shape index (κ1) is 41.8. The molecule has 0 bridgehead atoms. The van der Waals surface area contributed by atoms with Gasteiger partial charge < -0.3 is 19.1 Å². The smallest absolute Gasteiger partial charge is 0.331 e. The number of para-hydroxylation sites is 2. The van der Waals surface area contributed by atoms with Crippen LogP contribution in [0, 0.1) is 0 Å². The van der Waals surface area contributed by atoms with Crippen molar-refractivity contribution in [1.29, 1.82) is 0 Å². The lowest BCUT2D eigenvalue weighted by Crippen LogP contribution is -2.28. The highest BCUT2D eigenvalue weighted by molar-refractivity contribution is 7.85. The zero-order valence-electron chi connectivity index (χ0n) is 34.5. The normalized spacial score (nSPS) is 18.8. The van der Waals surface area contributed by atoms with Crippen molar-refractivity contribution in [3.05, 3.63) is 107 Å². The number of fused-ring (bicyclic) bond motifs is 2. The lowest BCUT2D eigenvalue weighted by Gasteiger charge is -2.27. The molecule has 12 heteroatoms. The summed E-state index contributed by atoms with van der Waals surface area (Å²) in [5, 5.41) is 0. The molecular weight excluding hydrogens is 739 g/mol. The Morgan fingerprint density at radius 3 is 2.19 bits per heavy atom. The number of hydrogen-bond donors (Lipinski definition) is 1. The molecule has 2 aromatic carbocycles. The second kappa shape index (κ2) is 17.8. The first-order chi connectivity index (χ1) is 27.3. The fourth-order valence-corrected chi connectivity index (χ4v) is 8.93. The Morgan fingerprint density at radius 1 is 0.807 bits per heavy atom. The van der Waals surface area contributed by atoms with Gasteiger partial charge in [0.15, 0.2) is 5.71 Å². The molecule has 11 nitrogen and oxygen atoms in total. The molecule has 0 spiro atoms. The minimum absolute atomic E-state index is 0.0768. The van der Waals surface area contributed by atoms with E-state index in [1.807, 2.05) is 6.07 Å². The summed E-state index contributed by atoms with van der Waals surface area (Å²) in [6.07, 6.45) is 17.0. The molecule has 0 saturated heterocycles. The van der Waals surface area contributed by atoms with Gasteiger partial charge in [0.25, 0.3) is 10.1 Å². The van der Waals surface area contributed by atoms with E-state index in [4.69, 9.17) is 14.2 Å². The summed E-state index contributed by atoms with van der Waals surface area (Å²) in [6, 6.07) is 17.4. The van der Waals surface area contributed by atoms with Gasteiger partial charge in [-0.25, -0.2) is 0 Å². The number of hydrogen-bond acceptors (Lipinski definition) is 9. The average molecular weight is 797 g/mol. The molecule has 6 rings (SSSR count). The van der Waals surface area contributed by atoms with E-state index >= 15 is 0 Å². The number of ether oxygens (including phenoxy) is 3. The van der Waals surface area contributed by atoms with E-state index in [9.17, 15) is 13.0 Å². The summed E-state index contributed by atoms with van der Waals surface area (Å²) < 4.78 is 52.2. The fourth-order valence-electron chi connectivity index (χ4n) is 8.37. The molecule has 1 aliphatic carbocycles. The molecule has 3 aliphatic rings. The summed E-state index contributed by atoms with van der Waals surface area (Å²) >= 11 is 0. The van der Waals surface area contributed by atoms with E-state index in [-0.39, 0.29) is 34.6 Å². The highest BCUT2D eigenvalue weighted by Gasteiger charge is 2.44. The van der Waals surface area contributed by atoms with Gasteiger partial charge in [-0.2, -0.15) is 13.0 Å². The van der Waals surface area contributed by atoms with Crippen LogP contribution < -0.4 is 19.1 Å². The molecule has 1 N–H and O–H groups in total. The number of benzene rings is 2. The van der Waals surface area contributed by atoms with E-state index < -0.39 is 10.1 Å². The number of nitrogens with zero attached hydrogens (tertiary/aromatic N) is 5. The summed E-state index contributed by atoms with van der Waals surface area (Å²) in [7, 11) is -1.04. The van der Waals surface area contributed by atoms with Crippen molar-refractivity contribution >= 4 is 27.2 Å². The van der Waals surface area contributed by atoms with Crippen LogP contribution in [0.5, 0.6) is 18.0 Å². The van der Waals surface area contributed by atoms with E-state index in [0.717, 1.165) is 54.8 Å². The zero-order valence-corrected chi connectivity index (χ0v) is 35.4. The van der Waals surface area contributed by atoms with Crippen molar-refractivity contribution in [2.24, 2.45) is 0 Å². The Hall–Kier alpha value is -4.81. The lowest BCUT2D eigenvalue weighted by molar-refractivity contribution is -0.438. The summed E-state index contributed by atoms with van der Waals surface area (Å²) in [4.78, 5) is 15.3. The van der Waals surface area contributed by atoms with Crippen LogP contribution in [0.25, 0.3) is 0 Å². The molecule has 0 unspecified atom stereocenters. The minimum Gasteiger partial charge on any atom is -0.467 e. The topological polar surface area (TPSA) is 127 Å². The van der Waals surface area contributed by atoms with Crippen LogP contribution in [0.2, 0.25) is 0 Å². The Bertz CT molecular complexity index is 2200. The molecule has 0 amide bonds. The highest BCUT2D eigenvalue weighted by Crippen LogP contribution is 2.48. The number of methoxy groups -OCH3 is 2. The molecule has 3 aromatic rings. The number of anilines is 1. The van der Waals surface area contributed by atoms with Crippen molar-refractivity contribution in [3.8, 4) is 18.0 Å². The summed E-state index contributed by atoms with van der Waals surface area (Å²) in [5.41, 5.74) is 8.75. The molecule has 0 fully saturated rings. The second-order valence-corrected chi connectivity index (χ2v) is 17.6. The van der Waals surface area contributed by atoms with E-state index in [1.165, 1.54) is 56.0 Å². The van der Waals surface area contributed by atoms with Gasteiger partial charge in [-0.15, -0.1) is 15.0 Å². The van der Waals surface area contributed by atoms with Crippen molar-refractivity contribution in [3.63, 3.8) is 0 Å². The van der Waals surface area contributed by atoms with Crippen molar-refractivity contribution in [2.45, 2.75) is 103 Å². The molecule has 2 aliphatic heterocycles. The average Bonchev–Trinajstić information content (AvgIpc) is 3.54. The van der Waals surface area contributed by atoms with Gasteiger partial charge in [0.2, 0.25) is 5.69 Å². The quantitative estimate of drug-likeness (QED) is 0.0803. The molecule has 0 saturated carbocycles. The van der Waals surface area contributed by atoms with Crippen molar-refractivity contribution in [1.82, 2.24) is 15.0 Å². The Kier molecular flexibility index (Phi) is 13.0. The van der Waals surface area contributed by atoms with Gasteiger partial charge in [-0.05, 0) is 87.3 Å². The molecule has 57 heavy (non-hydrogen) atoms. The first-order valence-electron chi connectivity index (χ1n) is 20.2. The number of allylic oxidation sites excluding steroid dienone is 7. The van der Waals surface area contributed by atoms with Gasteiger partial charge in [-0.3, -0.25) is 4.55 Å². The molecule has 0 radical (unpaired) electrons. The highest BCUT2D eigenvalue weighted by atomic mass is 32.2. The van der Waals surface area contributed by atoms with Crippen molar-refractivity contribution < 1.29 is 31.8 Å². The van der Waals surface area contributed by atoms with Crippen LogP contribution >= 0.6 is 0 Å². The molecular formula is C45H58N5O6S+. The van der Waals surface area contributed by atoms with Gasteiger partial charge in [-0.1, -0.05) is 76.1 Å². The second-order valence-electron chi connectivity index (χ2n) is 16.0. The largest absolute Gasteiger partial charge is 0.467 e. The number of unbranched alkanes of at least 4 members (excludes halogenated alkanes) is 4. The van der Waals surface area contributed by atoms with Crippen molar-refractivity contribution in [2.75, 3.05) is 38.0 Å². The van der Waals surface area contributed by atoms with Crippen LogP contribution in [0.3, 0.4) is 0 Å². The number of rotatable bonds is 17. The van der Waals surface area contributed by atoms with Gasteiger partial charge >= 0.3 is 18.0 Å². The Balaban J connectivity index is 1.44. The third kappa shape index (κ3) is 9.33. The van der Waals surface area contributed by atoms with Crippen LogP contribution in [0.1, 0.15) is 104 Å². The van der Waals surface area contributed by atoms with Crippen LogP contribution in [-0.4, -0.2) is 71.3 Å². The van der Waals surface area contributed by atoms with Crippen LogP contribution in [0.15, 0.2) is 95.4 Å². The molecule has 304 valence electrons. The molecule has 1 aromatic heterocycles. The van der Waals surface area contributed by atoms with Gasteiger partial charge in [0, 0.05) is 47.5 Å². The third-order valence-electron chi connectivity index (χ3n) is 11.4. The van der Waals surface area contributed by atoms with Gasteiger partial charge in [0.05, 0.1) is 25.4 Å². The maximum Gasteiger partial charge on any atom is 0.331 e. The molecule has 3 heterocycles. The molecule has 0 atom stereocenters. The standard InChI is InChI=1S/C45H57N5O6S/c1-8-9-10-15-29-49-36-23-13-11-21-34(36)44(2,3)38(49)27-25-32-19-18-20-33(40(32)56-43-47-41(54-6)46-42(48-43)55-7)26-28-39-45(4,5)35-22-12-14-24-37(35)50(39)30-16-17-31-57(51,52)53/h11-14,21-28H,8-10,15-20,29-31H2,1-7H3/p+1. The number of aromatic nitrogens is 3. The van der Waals surface area contributed by atoms with Crippen LogP contribution in [-0.2, 0) is 20.9 Å².